The van der Waals surface area contributed by atoms with E-state index in [1.54, 1.807) is 11.3 Å². The third-order valence-corrected chi connectivity index (χ3v) is 5.30. The molecule has 1 aliphatic heterocycles. The van der Waals surface area contributed by atoms with Gasteiger partial charge in [-0.1, -0.05) is 32.3 Å². The normalized spacial score (nSPS) is 29.1. The molecule has 4 heteroatoms. The van der Waals surface area contributed by atoms with Gasteiger partial charge in [-0.3, -0.25) is 10.1 Å². The maximum Gasteiger partial charge on any atom is 0.241 e. The molecule has 0 bridgehead atoms. The van der Waals surface area contributed by atoms with Crippen LogP contribution in [0.3, 0.4) is 0 Å². The summed E-state index contributed by atoms with van der Waals surface area (Å²) in [5.41, 5.74) is 0. The summed E-state index contributed by atoms with van der Waals surface area (Å²) in [6, 6.07) is 4.67. The summed E-state index contributed by atoms with van der Waals surface area (Å²) < 4.78 is 0. The first-order valence-corrected chi connectivity index (χ1v) is 8.31. The van der Waals surface area contributed by atoms with E-state index < -0.39 is 0 Å². The Morgan fingerprint density at radius 3 is 2.79 bits per heavy atom. The van der Waals surface area contributed by atoms with Crippen molar-refractivity contribution in [1.82, 2.24) is 10.2 Å². The molecule has 0 spiro atoms. The van der Waals surface area contributed by atoms with Gasteiger partial charge in [0.15, 0.2) is 0 Å². The highest BCUT2D eigenvalue weighted by Gasteiger charge is 2.42. The van der Waals surface area contributed by atoms with Crippen molar-refractivity contribution in [3.63, 3.8) is 0 Å². The monoisotopic (exact) mass is 278 g/mol. The molecule has 2 fully saturated rings. The summed E-state index contributed by atoms with van der Waals surface area (Å²) in [7, 11) is 0. The van der Waals surface area contributed by atoms with Crippen LogP contribution in [0.25, 0.3) is 0 Å². The maximum atomic E-state index is 12.6. The Bertz CT molecular complexity index is 425. The van der Waals surface area contributed by atoms with E-state index in [0.29, 0.717) is 11.9 Å². The average molecular weight is 278 g/mol. The Labute approximate surface area is 119 Å². The average Bonchev–Trinajstić information content (AvgIpc) is 3.07. The van der Waals surface area contributed by atoms with E-state index in [0.717, 1.165) is 6.42 Å². The molecule has 1 aliphatic carbocycles. The van der Waals surface area contributed by atoms with Crippen LogP contribution in [0.15, 0.2) is 17.5 Å². The number of nitrogens with zero attached hydrogens (tertiary/aromatic N) is 1. The van der Waals surface area contributed by atoms with E-state index >= 15 is 0 Å². The molecular formula is C15H22N2OS. The quantitative estimate of drug-likeness (QED) is 0.920. The fourth-order valence-corrected chi connectivity index (χ4v) is 4.14. The van der Waals surface area contributed by atoms with E-state index in [2.05, 4.69) is 34.7 Å². The summed E-state index contributed by atoms with van der Waals surface area (Å²) in [6.07, 6.45) is 7.19. The largest absolute Gasteiger partial charge is 0.318 e. The van der Waals surface area contributed by atoms with Gasteiger partial charge in [0.2, 0.25) is 5.91 Å². The number of thiophene rings is 1. The van der Waals surface area contributed by atoms with Crippen LogP contribution in [0, 0.1) is 0 Å². The SMILES string of the molecule is CCC1NC(c2cccs2)N(C2CCCCC2)C1=O. The molecule has 1 aromatic rings. The maximum absolute atomic E-state index is 12.6. The van der Waals surface area contributed by atoms with Crippen LogP contribution >= 0.6 is 11.3 Å². The molecule has 19 heavy (non-hydrogen) atoms. The molecule has 1 saturated carbocycles. The molecule has 2 heterocycles. The van der Waals surface area contributed by atoms with Crippen molar-refractivity contribution in [3.8, 4) is 0 Å². The van der Waals surface area contributed by atoms with Gasteiger partial charge in [-0.2, -0.15) is 0 Å². The van der Waals surface area contributed by atoms with Gasteiger partial charge in [0, 0.05) is 10.9 Å². The first-order chi connectivity index (χ1) is 9.31. The van der Waals surface area contributed by atoms with Gasteiger partial charge in [-0.15, -0.1) is 11.3 Å². The Balaban J connectivity index is 1.85. The zero-order valence-electron chi connectivity index (χ0n) is 11.5. The predicted octanol–water partition coefficient (Wildman–Crippen LogP) is 3.29. The molecule has 2 aliphatic rings. The molecule has 104 valence electrons. The Hall–Kier alpha value is -0.870. The van der Waals surface area contributed by atoms with Crippen molar-refractivity contribution < 1.29 is 4.79 Å². The lowest BCUT2D eigenvalue weighted by Gasteiger charge is -2.34. The number of rotatable bonds is 3. The summed E-state index contributed by atoms with van der Waals surface area (Å²) in [6.45, 7) is 2.09. The number of nitrogens with one attached hydrogen (secondary N) is 1. The minimum Gasteiger partial charge on any atom is -0.318 e. The second kappa shape index (κ2) is 5.63. The second-order valence-electron chi connectivity index (χ2n) is 5.58. The van der Waals surface area contributed by atoms with E-state index in [4.69, 9.17) is 0 Å². The lowest BCUT2D eigenvalue weighted by molar-refractivity contribution is -0.133. The number of carbonyl (C=O) groups is 1. The Kier molecular flexibility index (Phi) is 3.89. The summed E-state index contributed by atoms with van der Waals surface area (Å²) >= 11 is 1.75. The highest BCUT2D eigenvalue weighted by molar-refractivity contribution is 7.10. The summed E-state index contributed by atoms with van der Waals surface area (Å²) in [5, 5.41) is 5.62. The lowest BCUT2D eigenvalue weighted by atomic mass is 9.94. The van der Waals surface area contributed by atoms with Crippen LogP contribution in [0.2, 0.25) is 0 Å². The fraction of sp³-hybridized carbons (Fsp3) is 0.667. The molecule has 1 saturated heterocycles. The van der Waals surface area contributed by atoms with E-state index in [9.17, 15) is 4.79 Å². The Morgan fingerprint density at radius 1 is 1.37 bits per heavy atom. The number of carbonyl (C=O) groups excluding carboxylic acids is 1. The second-order valence-corrected chi connectivity index (χ2v) is 6.56. The van der Waals surface area contributed by atoms with Crippen molar-refractivity contribution in [2.45, 2.75) is 63.7 Å². The number of hydrogen-bond acceptors (Lipinski definition) is 3. The van der Waals surface area contributed by atoms with Gasteiger partial charge in [-0.05, 0) is 30.7 Å². The molecule has 1 amide bonds. The molecule has 1 N–H and O–H groups in total. The van der Waals surface area contributed by atoms with Gasteiger partial charge in [0.05, 0.1) is 6.04 Å². The molecule has 3 nitrogen and oxygen atoms in total. The van der Waals surface area contributed by atoms with Crippen molar-refractivity contribution >= 4 is 17.2 Å². The fourth-order valence-electron chi connectivity index (χ4n) is 3.36. The molecule has 2 atom stereocenters. The lowest BCUT2D eigenvalue weighted by Crippen LogP contribution is -2.41. The molecule has 0 radical (unpaired) electrons. The van der Waals surface area contributed by atoms with Gasteiger partial charge >= 0.3 is 0 Å². The van der Waals surface area contributed by atoms with Crippen LogP contribution in [0.4, 0.5) is 0 Å². The highest BCUT2D eigenvalue weighted by Crippen LogP contribution is 2.35. The van der Waals surface area contributed by atoms with E-state index in [1.165, 1.54) is 37.0 Å². The van der Waals surface area contributed by atoms with Gasteiger partial charge in [0.1, 0.15) is 6.17 Å². The minimum atomic E-state index is 0.00836. The molecule has 1 aromatic heterocycles. The number of hydrogen-bond donors (Lipinski definition) is 1. The van der Waals surface area contributed by atoms with Crippen LogP contribution in [0.1, 0.15) is 56.5 Å². The standard InChI is InChI=1S/C15H22N2OS/c1-2-12-15(18)17(11-7-4-3-5-8-11)14(16-12)13-9-6-10-19-13/h6,9-12,14,16H,2-5,7-8H2,1H3. The predicted molar refractivity (Wildman–Crippen MR) is 78.0 cm³/mol. The molecule has 2 unspecified atom stereocenters. The van der Waals surface area contributed by atoms with E-state index in [1.807, 2.05) is 0 Å². The van der Waals surface area contributed by atoms with Crippen molar-refractivity contribution in [2.24, 2.45) is 0 Å². The van der Waals surface area contributed by atoms with Gasteiger partial charge in [-0.25, -0.2) is 0 Å². The summed E-state index contributed by atoms with van der Waals surface area (Å²) in [5.74, 6) is 0.313. The van der Waals surface area contributed by atoms with Gasteiger partial charge < -0.3 is 4.90 Å². The zero-order chi connectivity index (χ0) is 13.2. The third kappa shape index (κ3) is 2.43. The highest BCUT2D eigenvalue weighted by atomic mass is 32.1. The minimum absolute atomic E-state index is 0.00836. The Morgan fingerprint density at radius 2 is 2.16 bits per heavy atom. The third-order valence-electron chi connectivity index (χ3n) is 4.38. The van der Waals surface area contributed by atoms with Crippen LogP contribution in [-0.4, -0.2) is 22.9 Å². The van der Waals surface area contributed by atoms with Crippen molar-refractivity contribution in [1.29, 1.82) is 0 Å². The van der Waals surface area contributed by atoms with Crippen LogP contribution < -0.4 is 5.32 Å². The van der Waals surface area contributed by atoms with E-state index in [-0.39, 0.29) is 12.2 Å². The van der Waals surface area contributed by atoms with Crippen LogP contribution in [0.5, 0.6) is 0 Å². The first kappa shape index (κ1) is 13.1. The van der Waals surface area contributed by atoms with Gasteiger partial charge in [0.25, 0.3) is 0 Å². The summed E-state index contributed by atoms with van der Waals surface area (Å²) in [4.78, 5) is 16.0. The molecule has 3 rings (SSSR count). The first-order valence-electron chi connectivity index (χ1n) is 7.43. The van der Waals surface area contributed by atoms with Crippen LogP contribution in [-0.2, 0) is 4.79 Å². The zero-order valence-corrected chi connectivity index (χ0v) is 12.3. The van der Waals surface area contributed by atoms with Crippen molar-refractivity contribution in [3.05, 3.63) is 22.4 Å². The number of amides is 1. The smallest absolute Gasteiger partial charge is 0.241 e. The topological polar surface area (TPSA) is 32.3 Å². The molecule has 0 aromatic carbocycles. The van der Waals surface area contributed by atoms with Crippen molar-refractivity contribution in [2.75, 3.05) is 0 Å². The molecular weight excluding hydrogens is 256 g/mol.